The third-order valence-corrected chi connectivity index (χ3v) is 4.22. The van der Waals surface area contributed by atoms with Gasteiger partial charge in [0.2, 0.25) is 17.8 Å². The Morgan fingerprint density at radius 1 is 0.719 bits per heavy atom. The number of hydrogen-bond donors (Lipinski definition) is 4. The fraction of sp³-hybridized carbons (Fsp3) is 0.364. The number of rotatable bonds is 15. The molecule has 0 atom stereocenters. The normalized spacial score (nSPS) is 10.7. The number of hydrogen-bond acceptors (Lipinski definition) is 10. The summed E-state index contributed by atoms with van der Waals surface area (Å²) in [4.78, 5) is 17.7. The van der Waals surface area contributed by atoms with Gasteiger partial charge in [0.25, 0.3) is 0 Å². The maximum absolute atomic E-state index is 5.53. The Labute approximate surface area is 188 Å². The summed E-state index contributed by atoms with van der Waals surface area (Å²) in [6, 6.07) is 15.6. The van der Waals surface area contributed by atoms with Crippen molar-refractivity contribution in [3.8, 4) is 0 Å². The monoisotopic (exact) mass is 438 g/mol. The second-order valence-electron chi connectivity index (χ2n) is 6.74. The van der Waals surface area contributed by atoms with Crippen LogP contribution in [0.25, 0.3) is 0 Å². The molecule has 32 heavy (non-hydrogen) atoms. The molecule has 0 amide bonds. The number of pyridine rings is 1. The average molecular weight is 439 g/mol. The van der Waals surface area contributed by atoms with Crippen molar-refractivity contribution in [1.29, 1.82) is 0 Å². The number of ether oxygens (including phenoxy) is 2. The van der Waals surface area contributed by atoms with Crippen LogP contribution >= 0.6 is 0 Å². The van der Waals surface area contributed by atoms with Crippen molar-refractivity contribution in [2.45, 2.75) is 6.42 Å². The topological polar surface area (TPSA) is 132 Å². The molecule has 0 aliphatic heterocycles. The average Bonchev–Trinajstić information content (AvgIpc) is 2.82. The molecular formula is C22H30N8O2. The molecule has 5 N–H and O–H groups in total. The molecule has 0 saturated carbocycles. The molecular weight excluding hydrogens is 408 g/mol. The minimum Gasteiger partial charge on any atom is -0.378 e. The van der Waals surface area contributed by atoms with Crippen molar-refractivity contribution in [3.05, 3.63) is 60.4 Å². The molecule has 0 saturated heterocycles. The third kappa shape index (κ3) is 8.80. The van der Waals surface area contributed by atoms with Gasteiger partial charge in [-0.3, -0.25) is 4.98 Å². The zero-order valence-corrected chi connectivity index (χ0v) is 18.0. The molecule has 2 heterocycles. The predicted octanol–water partition coefficient (Wildman–Crippen LogP) is 2.07. The van der Waals surface area contributed by atoms with Crippen LogP contribution in [-0.4, -0.2) is 66.0 Å². The number of benzene rings is 1. The molecule has 0 fully saturated rings. The Bertz CT molecular complexity index is 899. The molecule has 0 radical (unpaired) electrons. The lowest BCUT2D eigenvalue weighted by molar-refractivity contribution is 0.0547. The van der Waals surface area contributed by atoms with Gasteiger partial charge < -0.3 is 31.2 Å². The molecule has 2 aromatic heterocycles. The van der Waals surface area contributed by atoms with Gasteiger partial charge in [-0.05, 0) is 24.3 Å². The molecule has 0 bridgehead atoms. The minimum atomic E-state index is 0.449. The van der Waals surface area contributed by atoms with Gasteiger partial charge >= 0.3 is 0 Å². The Kier molecular flexibility index (Phi) is 10.1. The van der Waals surface area contributed by atoms with Gasteiger partial charge in [0.15, 0.2) is 0 Å². The fourth-order valence-electron chi connectivity index (χ4n) is 2.73. The summed E-state index contributed by atoms with van der Waals surface area (Å²) in [7, 11) is 0. The first-order chi connectivity index (χ1) is 15.8. The minimum absolute atomic E-state index is 0.449. The van der Waals surface area contributed by atoms with Gasteiger partial charge in [-0.1, -0.05) is 24.3 Å². The molecule has 170 valence electrons. The van der Waals surface area contributed by atoms with Gasteiger partial charge in [-0.25, -0.2) is 0 Å². The first-order valence-corrected chi connectivity index (χ1v) is 10.6. The quantitative estimate of drug-likeness (QED) is 0.261. The largest absolute Gasteiger partial charge is 0.378 e. The molecule has 0 aliphatic rings. The lowest BCUT2D eigenvalue weighted by atomic mass is 10.3. The summed E-state index contributed by atoms with van der Waals surface area (Å²) in [5.74, 6) is 1.39. The predicted molar refractivity (Wildman–Crippen MR) is 125 cm³/mol. The van der Waals surface area contributed by atoms with Crippen molar-refractivity contribution in [1.82, 2.24) is 19.9 Å². The second-order valence-corrected chi connectivity index (χ2v) is 6.74. The van der Waals surface area contributed by atoms with E-state index < -0.39 is 0 Å². The highest BCUT2D eigenvalue weighted by atomic mass is 16.5. The fourth-order valence-corrected chi connectivity index (χ4v) is 2.73. The van der Waals surface area contributed by atoms with E-state index in [0.717, 1.165) is 17.8 Å². The van der Waals surface area contributed by atoms with E-state index in [0.29, 0.717) is 63.9 Å². The molecule has 1 aromatic carbocycles. The third-order valence-electron chi connectivity index (χ3n) is 4.22. The van der Waals surface area contributed by atoms with Crippen molar-refractivity contribution in [2.75, 3.05) is 62.0 Å². The van der Waals surface area contributed by atoms with Gasteiger partial charge in [-0.2, -0.15) is 15.0 Å². The lowest BCUT2D eigenvalue weighted by Gasteiger charge is -2.11. The Hall–Kier alpha value is -3.34. The molecule has 3 rings (SSSR count). The highest BCUT2D eigenvalue weighted by Crippen LogP contribution is 2.15. The molecule has 3 aromatic rings. The van der Waals surface area contributed by atoms with Crippen molar-refractivity contribution in [3.63, 3.8) is 0 Å². The maximum Gasteiger partial charge on any atom is 0.233 e. The van der Waals surface area contributed by atoms with Crippen LogP contribution in [0.5, 0.6) is 0 Å². The van der Waals surface area contributed by atoms with E-state index in [1.165, 1.54) is 0 Å². The van der Waals surface area contributed by atoms with Gasteiger partial charge in [0.05, 0.1) is 26.4 Å². The first kappa shape index (κ1) is 23.3. The zero-order valence-electron chi connectivity index (χ0n) is 18.0. The van der Waals surface area contributed by atoms with Gasteiger partial charge in [0.1, 0.15) is 0 Å². The number of nitrogens with zero attached hydrogens (tertiary/aromatic N) is 4. The summed E-state index contributed by atoms with van der Waals surface area (Å²) < 4.78 is 10.8. The molecule has 0 spiro atoms. The Morgan fingerprint density at radius 3 is 2.12 bits per heavy atom. The van der Waals surface area contributed by atoms with Gasteiger partial charge in [-0.15, -0.1) is 0 Å². The van der Waals surface area contributed by atoms with Crippen LogP contribution in [0.1, 0.15) is 5.69 Å². The van der Waals surface area contributed by atoms with Crippen LogP contribution in [0.2, 0.25) is 0 Å². The summed E-state index contributed by atoms with van der Waals surface area (Å²) in [6.07, 6.45) is 2.55. The van der Waals surface area contributed by atoms with E-state index in [1.54, 1.807) is 6.20 Å². The maximum atomic E-state index is 5.53. The molecule has 0 unspecified atom stereocenters. The van der Waals surface area contributed by atoms with Crippen molar-refractivity contribution >= 4 is 23.5 Å². The Balaban J connectivity index is 1.54. The van der Waals surface area contributed by atoms with E-state index >= 15 is 0 Å². The van der Waals surface area contributed by atoms with Crippen molar-refractivity contribution in [2.24, 2.45) is 5.73 Å². The standard InChI is InChI=1S/C22H30N8O2/c23-10-14-31-16-17-32-15-13-26-21-28-20(25-12-9-18-6-4-5-11-24-18)29-22(30-21)27-19-7-2-1-3-8-19/h1-8,11H,9-10,12-17,23H2,(H3,25,26,27,28,29,30). The summed E-state index contributed by atoms with van der Waals surface area (Å²) >= 11 is 0. The second kappa shape index (κ2) is 13.9. The first-order valence-electron chi connectivity index (χ1n) is 10.6. The smallest absolute Gasteiger partial charge is 0.233 e. The summed E-state index contributed by atoms with van der Waals surface area (Å²) in [5, 5.41) is 9.64. The highest BCUT2D eigenvalue weighted by Gasteiger charge is 2.07. The van der Waals surface area contributed by atoms with E-state index in [1.807, 2.05) is 48.5 Å². The van der Waals surface area contributed by atoms with Crippen LogP contribution < -0.4 is 21.7 Å². The van der Waals surface area contributed by atoms with Crippen LogP contribution in [0.3, 0.4) is 0 Å². The van der Waals surface area contributed by atoms with E-state index in [2.05, 4.69) is 35.9 Å². The van der Waals surface area contributed by atoms with Crippen LogP contribution in [0.4, 0.5) is 23.5 Å². The summed E-state index contributed by atoms with van der Waals surface area (Å²) in [5.41, 5.74) is 7.28. The van der Waals surface area contributed by atoms with E-state index in [9.17, 15) is 0 Å². The van der Waals surface area contributed by atoms with E-state index in [-0.39, 0.29) is 0 Å². The van der Waals surface area contributed by atoms with Crippen LogP contribution in [0.15, 0.2) is 54.7 Å². The van der Waals surface area contributed by atoms with Gasteiger partial charge in [0, 0.05) is 43.6 Å². The summed E-state index contributed by atoms with van der Waals surface area (Å²) in [6.45, 7) is 3.80. The molecule has 0 aliphatic carbocycles. The number of anilines is 4. The zero-order chi connectivity index (χ0) is 22.3. The lowest BCUT2D eigenvalue weighted by Crippen LogP contribution is -2.17. The SMILES string of the molecule is NCCOCCOCCNc1nc(NCCc2ccccn2)nc(Nc2ccccc2)n1. The Morgan fingerprint density at radius 2 is 1.41 bits per heavy atom. The number of nitrogens with two attached hydrogens (primary N) is 1. The van der Waals surface area contributed by atoms with Crippen LogP contribution in [-0.2, 0) is 15.9 Å². The highest BCUT2D eigenvalue weighted by molar-refractivity contribution is 5.55. The van der Waals surface area contributed by atoms with E-state index in [4.69, 9.17) is 15.2 Å². The molecule has 10 heteroatoms. The number of aromatic nitrogens is 4. The molecule has 10 nitrogen and oxygen atoms in total. The number of nitrogens with one attached hydrogen (secondary N) is 3. The van der Waals surface area contributed by atoms with Crippen LogP contribution in [0, 0.1) is 0 Å². The number of para-hydroxylation sites is 1. The van der Waals surface area contributed by atoms with Crippen molar-refractivity contribution < 1.29 is 9.47 Å².